The summed E-state index contributed by atoms with van der Waals surface area (Å²) >= 11 is 0. The van der Waals surface area contributed by atoms with E-state index in [1.54, 1.807) is 48.5 Å². The van der Waals surface area contributed by atoms with Crippen LogP contribution in [0.2, 0.25) is 0 Å². The van der Waals surface area contributed by atoms with Crippen molar-refractivity contribution in [2.45, 2.75) is 26.4 Å². The number of amides is 3. The summed E-state index contributed by atoms with van der Waals surface area (Å²) in [4.78, 5) is 36.8. The summed E-state index contributed by atoms with van der Waals surface area (Å²) in [5, 5.41) is 11.5. The van der Waals surface area contributed by atoms with Crippen LogP contribution in [0, 0.1) is 0 Å². The summed E-state index contributed by atoms with van der Waals surface area (Å²) < 4.78 is 0. The van der Waals surface area contributed by atoms with Crippen LogP contribution in [0.25, 0.3) is 0 Å². The van der Waals surface area contributed by atoms with Crippen LogP contribution in [-0.4, -0.2) is 30.3 Å². The predicted molar refractivity (Wildman–Crippen MR) is 130 cm³/mol. The van der Waals surface area contributed by atoms with E-state index >= 15 is 0 Å². The second-order valence-electron chi connectivity index (χ2n) is 7.86. The van der Waals surface area contributed by atoms with Crippen molar-refractivity contribution >= 4 is 29.1 Å². The fraction of sp³-hybridized carbons (Fsp3) is 0.192. The zero-order valence-corrected chi connectivity index (χ0v) is 18.7. The fourth-order valence-corrected chi connectivity index (χ4v) is 3.09. The van der Waals surface area contributed by atoms with Gasteiger partial charge in [0.25, 0.3) is 11.8 Å². The van der Waals surface area contributed by atoms with Crippen molar-refractivity contribution in [3.05, 3.63) is 95.6 Å². The lowest BCUT2D eigenvalue weighted by molar-refractivity contribution is -0.114. The number of carbonyl (C=O) groups is 3. The summed E-state index contributed by atoms with van der Waals surface area (Å²) in [5.41, 5.74) is 3.29. The normalized spacial score (nSPS) is 10.4. The molecule has 3 rings (SSSR count). The Balaban J connectivity index is 1.49. The van der Waals surface area contributed by atoms with Crippen LogP contribution >= 0.6 is 0 Å². The molecule has 170 valence electrons. The molecular formula is C26H28N4O3. The summed E-state index contributed by atoms with van der Waals surface area (Å²) in [6, 6.07) is 23.4. The third-order valence-electron chi connectivity index (χ3n) is 4.72. The van der Waals surface area contributed by atoms with Gasteiger partial charge >= 0.3 is 0 Å². The maximum atomic E-state index is 12.4. The topological polar surface area (TPSA) is 99.3 Å². The van der Waals surface area contributed by atoms with E-state index in [0.29, 0.717) is 23.4 Å². The van der Waals surface area contributed by atoms with Crippen molar-refractivity contribution in [2.24, 2.45) is 0 Å². The lowest BCUT2D eigenvalue weighted by Crippen LogP contribution is -2.30. The van der Waals surface area contributed by atoms with Crippen LogP contribution in [0.1, 0.15) is 40.1 Å². The SMILES string of the molecule is CC(C)NC(=O)c1ccc(NCC(=O)Nc2cccc(C(=O)NCc3ccccc3)c2)cc1. The third kappa shape index (κ3) is 7.50. The van der Waals surface area contributed by atoms with Gasteiger partial charge < -0.3 is 21.3 Å². The number of carbonyl (C=O) groups excluding carboxylic acids is 3. The Morgan fingerprint density at radius 2 is 1.48 bits per heavy atom. The average Bonchev–Trinajstić information content (AvgIpc) is 2.82. The second kappa shape index (κ2) is 11.5. The van der Waals surface area contributed by atoms with Gasteiger partial charge in [-0.3, -0.25) is 14.4 Å². The molecule has 3 aromatic rings. The van der Waals surface area contributed by atoms with Gasteiger partial charge in [0.05, 0.1) is 6.54 Å². The Bertz CT molecular complexity index is 1100. The smallest absolute Gasteiger partial charge is 0.251 e. The van der Waals surface area contributed by atoms with Crippen molar-refractivity contribution in [1.29, 1.82) is 0 Å². The molecule has 3 amide bonds. The molecule has 0 atom stereocenters. The van der Waals surface area contributed by atoms with E-state index in [1.807, 2.05) is 44.2 Å². The molecule has 0 heterocycles. The summed E-state index contributed by atoms with van der Waals surface area (Å²) in [7, 11) is 0. The second-order valence-corrected chi connectivity index (χ2v) is 7.86. The highest BCUT2D eigenvalue weighted by Crippen LogP contribution is 2.12. The highest BCUT2D eigenvalue weighted by molar-refractivity contribution is 5.98. The molecule has 0 fully saturated rings. The quantitative estimate of drug-likeness (QED) is 0.403. The fourth-order valence-electron chi connectivity index (χ4n) is 3.09. The first-order chi connectivity index (χ1) is 15.9. The average molecular weight is 445 g/mol. The van der Waals surface area contributed by atoms with Crippen LogP contribution in [0.4, 0.5) is 11.4 Å². The van der Waals surface area contributed by atoms with Crippen molar-refractivity contribution in [2.75, 3.05) is 17.2 Å². The Morgan fingerprint density at radius 3 is 2.18 bits per heavy atom. The lowest BCUT2D eigenvalue weighted by Gasteiger charge is -2.11. The number of rotatable bonds is 9. The molecule has 0 saturated heterocycles. The molecule has 3 aromatic carbocycles. The van der Waals surface area contributed by atoms with Crippen LogP contribution in [0.5, 0.6) is 0 Å². The number of hydrogen-bond acceptors (Lipinski definition) is 4. The van der Waals surface area contributed by atoms with Crippen LogP contribution < -0.4 is 21.3 Å². The van der Waals surface area contributed by atoms with E-state index in [0.717, 1.165) is 11.3 Å². The minimum absolute atomic E-state index is 0.0436. The van der Waals surface area contributed by atoms with Crippen LogP contribution in [-0.2, 0) is 11.3 Å². The van der Waals surface area contributed by atoms with Crippen LogP contribution in [0.15, 0.2) is 78.9 Å². The van der Waals surface area contributed by atoms with Gasteiger partial charge in [-0.15, -0.1) is 0 Å². The molecule has 0 aromatic heterocycles. The molecule has 0 bridgehead atoms. The lowest BCUT2D eigenvalue weighted by atomic mass is 10.1. The third-order valence-corrected chi connectivity index (χ3v) is 4.72. The van der Waals surface area contributed by atoms with Gasteiger partial charge in [-0.05, 0) is 61.9 Å². The highest BCUT2D eigenvalue weighted by atomic mass is 16.2. The minimum Gasteiger partial charge on any atom is -0.376 e. The molecule has 4 N–H and O–H groups in total. The van der Waals surface area contributed by atoms with Crippen molar-refractivity contribution in [3.8, 4) is 0 Å². The maximum absolute atomic E-state index is 12.4. The van der Waals surface area contributed by atoms with E-state index < -0.39 is 0 Å². The number of anilines is 2. The van der Waals surface area contributed by atoms with Gasteiger partial charge in [0.2, 0.25) is 5.91 Å². The molecule has 7 nitrogen and oxygen atoms in total. The number of nitrogens with one attached hydrogen (secondary N) is 4. The summed E-state index contributed by atoms with van der Waals surface area (Å²) in [5.74, 6) is -0.602. The maximum Gasteiger partial charge on any atom is 0.251 e. The summed E-state index contributed by atoms with van der Waals surface area (Å²) in [6.45, 7) is 4.28. The standard InChI is InChI=1S/C26H28N4O3/c1-18(2)29-26(33)20-11-13-22(14-12-20)27-17-24(31)30-23-10-6-9-21(15-23)25(32)28-16-19-7-4-3-5-8-19/h3-15,18,27H,16-17H2,1-2H3,(H,28,32)(H,29,33)(H,30,31). The van der Waals surface area contributed by atoms with Crippen molar-refractivity contribution in [1.82, 2.24) is 10.6 Å². The first kappa shape index (κ1) is 23.5. The van der Waals surface area contributed by atoms with Gasteiger partial charge in [0.1, 0.15) is 0 Å². The molecule has 0 aliphatic rings. The number of benzene rings is 3. The van der Waals surface area contributed by atoms with Gasteiger partial charge in [-0.2, -0.15) is 0 Å². The molecule has 0 radical (unpaired) electrons. The minimum atomic E-state index is -0.251. The van der Waals surface area contributed by atoms with E-state index in [2.05, 4.69) is 21.3 Å². The molecule has 0 aliphatic heterocycles. The van der Waals surface area contributed by atoms with Crippen LogP contribution in [0.3, 0.4) is 0 Å². The van der Waals surface area contributed by atoms with E-state index in [4.69, 9.17) is 0 Å². The van der Waals surface area contributed by atoms with Gasteiger partial charge in [0, 0.05) is 35.1 Å². The van der Waals surface area contributed by atoms with E-state index in [9.17, 15) is 14.4 Å². The number of hydrogen-bond donors (Lipinski definition) is 4. The first-order valence-electron chi connectivity index (χ1n) is 10.8. The van der Waals surface area contributed by atoms with E-state index in [-0.39, 0.29) is 30.3 Å². The van der Waals surface area contributed by atoms with Crippen molar-refractivity contribution in [3.63, 3.8) is 0 Å². The zero-order valence-electron chi connectivity index (χ0n) is 18.7. The van der Waals surface area contributed by atoms with Gasteiger partial charge in [-0.25, -0.2) is 0 Å². The predicted octanol–water partition coefficient (Wildman–Crippen LogP) is 3.81. The molecule has 0 saturated carbocycles. The Kier molecular flexibility index (Phi) is 8.18. The molecule has 0 unspecified atom stereocenters. The molecule has 0 aliphatic carbocycles. The van der Waals surface area contributed by atoms with Gasteiger partial charge in [-0.1, -0.05) is 36.4 Å². The molecule has 7 heteroatoms. The molecular weight excluding hydrogens is 416 g/mol. The highest BCUT2D eigenvalue weighted by Gasteiger charge is 2.09. The Morgan fingerprint density at radius 1 is 0.758 bits per heavy atom. The molecule has 0 spiro atoms. The monoisotopic (exact) mass is 444 g/mol. The summed E-state index contributed by atoms with van der Waals surface area (Å²) in [6.07, 6.45) is 0. The Hall–Kier alpha value is -4.13. The molecule has 33 heavy (non-hydrogen) atoms. The van der Waals surface area contributed by atoms with Crippen molar-refractivity contribution < 1.29 is 14.4 Å². The largest absolute Gasteiger partial charge is 0.376 e. The zero-order chi connectivity index (χ0) is 23.6. The first-order valence-corrected chi connectivity index (χ1v) is 10.8. The Labute approximate surface area is 193 Å². The van der Waals surface area contributed by atoms with E-state index in [1.165, 1.54) is 0 Å². The van der Waals surface area contributed by atoms with Gasteiger partial charge in [0.15, 0.2) is 0 Å².